The molecule has 6 atom stereocenters. The number of carbonyl (C=O) groups excluding carboxylic acids is 6. The molecular formula is C23H22N4O8. The van der Waals surface area contributed by atoms with Crippen LogP contribution >= 0.6 is 0 Å². The second-order valence-corrected chi connectivity index (χ2v) is 9.15. The van der Waals surface area contributed by atoms with Gasteiger partial charge >= 0.3 is 12.1 Å². The summed E-state index contributed by atoms with van der Waals surface area (Å²) in [5.41, 5.74) is 11.5. The topological polar surface area (TPSA) is 190 Å². The van der Waals surface area contributed by atoms with Gasteiger partial charge in [-0.1, -0.05) is 17.7 Å². The van der Waals surface area contributed by atoms with E-state index in [1.165, 1.54) is 13.2 Å². The van der Waals surface area contributed by atoms with Crippen LogP contribution < -0.4 is 16.2 Å². The van der Waals surface area contributed by atoms with Crippen LogP contribution in [0.2, 0.25) is 0 Å². The minimum atomic E-state index is -1.21. The van der Waals surface area contributed by atoms with Gasteiger partial charge in [-0.15, -0.1) is 0 Å². The Morgan fingerprint density at radius 1 is 0.914 bits per heavy atom. The molecule has 0 bridgehead atoms. The lowest BCUT2D eigenvalue weighted by Crippen LogP contribution is -2.44. The number of aromatic hydroxyl groups is 1. The van der Waals surface area contributed by atoms with E-state index in [1.54, 1.807) is 18.2 Å². The molecule has 2 aliphatic carbocycles. The Bertz CT molecular complexity index is 1260. The average molecular weight is 482 g/mol. The van der Waals surface area contributed by atoms with Crippen molar-refractivity contribution in [3.63, 3.8) is 0 Å². The third-order valence-corrected chi connectivity index (χ3v) is 7.66. The summed E-state index contributed by atoms with van der Waals surface area (Å²) in [5, 5.41) is 10.8. The number of phenolic OH excluding ortho intramolecular Hbond substituents is 1. The van der Waals surface area contributed by atoms with E-state index >= 15 is 0 Å². The molecule has 0 spiro atoms. The van der Waals surface area contributed by atoms with Crippen LogP contribution in [-0.4, -0.2) is 57.7 Å². The van der Waals surface area contributed by atoms with Gasteiger partial charge in [-0.25, -0.2) is 9.59 Å². The molecule has 8 amide bonds. The first-order valence-electron chi connectivity index (χ1n) is 11.0. The van der Waals surface area contributed by atoms with E-state index < -0.39 is 71.2 Å². The molecule has 4 aliphatic rings. The van der Waals surface area contributed by atoms with Crippen LogP contribution in [0.4, 0.5) is 9.59 Å². The second-order valence-electron chi connectivity index (χ2n) is 9.15. The van der Waals surface area contributed by atoms with Crippen molar-refractivity contribution in [2.24, 2.45) is 41.1 Å². The van der Waals surface area contributed by atoms with Gasteiger partial charge in [-0.3, -0.25) is 19.2 Å². The molecule has 2 aliphatic heterocycles. The fraction of sp³-hybridized carbons (Fsp3) is 0.391. The average Bonchev–Trinajstić information content (AvgIpc) is 3.21. The Labute approximate surface area is 198 Å². The van der Waals surface area contributed by atoms with Crippen LogP contribution in [0.3, 0.4) is 0 Å². The molecule has 1 aromatic carbocycles. The largest absolute Gasteiger partial charge is 0.508 e. The molecule has 5 rings (SSSR count). The molecule has 12 heteroatoms. The van der Waals surface area contributed by atoms with Gasteiger partial charge in [0.1, 0.15) is 11.5 Å². The Kier molecular flexibility index (Phi) is 4.93. The molecule has 1 saturated carbocycles. The normalized spacial score (nSPS) is 31.6. The van der Waals surface area contributed by atoms with E-state index in [4.69, 9.17) is 16.2 Å². The highest BCUT2D eigenvalue weighted by atomic mass is 16.5. The van der Waals surface area contributed by atoms with Crippen LogP contribution in [0.25, 0.3) is 0 Å². The number of allylic oxidation sites excluding steroid dienone is 2. The number of benzene rings is 1. The number of amides is 8. The van der Waals surface area contributed by atoms with E-state index in [2.05, 4.69) is 0 Å². The third-order valence-electron chi connectivity index (χ3n) is 7.66. The van der Waals surface area contributed by atoms with Gasteiger partial charge in [0.15, 0.2) is 0 Å². The maximum absolute atomic E-state index is 13.3. The lowest BCUT2D eigenvalue weighted by atomic mass is 9.57. The number of fused-ring (bicyclic) bond motifs is 4. The summed E-state index contributed by atoms with van der Waals surface area (Å²) >= 11 is 0. The number of urea groups is 2. The highest BCUT2D eigenvalue weighted by Gasteiger charge is 2.63. The van der Waals surface area contributed by atoms with Gasteiger partial charge in [-0.2, -0.15) is 9.80 Å². The first-order valence-corrected chi connectivity index (χ1v) is 11.0. The molecule has 2 saturated heterocycles. The summed E-state index contributed by atoms with van der Waals surface area (Å²) in [6.45, 7) is 0. The number of ether oxygens (including phenoxy) is 1. The van der Waals surface area contributed by atoms with E-state index in [1.807, 2.05) is 0 Å². The molecule has 182 valence electrons. The number of hydrogen-bond acceptors (Lipinski definition) is 8. The Morgan fingerprint density at radius 2 is 1.51 bits per heavy atom. The van der Waals surface area contributed by atoms with Gasteiger partial charge < -0.3 is 21.3 Å². The first-order chi connectivity index (χ1) is 16.6. The first kappa shape index (κ1) is 22.6. The second kappa shape index (κ2) is 7.65. The lowest BCUT2D eigenvalue weighted by molar-refractivity contribution is -0.138. The quantitative estimate of drug-likeness (QED) is 0.393. The van der Waals surface area contributed by atoms with Crippen molar-refractivity contribution in [3.8, 4) is 11.5 Å². The molecular weight excluding hydrogens is 460 g/mol. The maximum Gasteiger partial charge on any atom is 0.328 e. The van der Waals surface area contributed by atoms with Crippen molar-refractivity contribution in [1.29, 1.82) is 0 Å². The smallest absolute Gasteiger partial charge is 0.328 e. The van der Waals surface area contributed by atoms with Gasteiger partial charge in [0.25, 0.3) is 0 Å². The minimum absolute atomic E-state index is 0.00887. The fourth-order valence-electron chi connectivity index (χ4n) is 6.28. The minimum Gasteiger partial charge on any atom is -0.508 e. The number of imide groups is 6. The van der Waals surface area contributed by atoms with Crippen molar-refractivity contribution in [2.75, 3.05) is 7.11 Å². The van der Waals surface area contributed by atoms with Crippen LogP contribution in [0, 0.1) is 29.6 Å². The Balaban J connectivity index is 1.67. The molecule has 0 radical (unpaired) electrons. The predicted molar refractivity (Wildman–Crippen MR) is 115 cm³/mol. The monoisotopic (exact) mass is 482 g/mol. The summed E-state index contributed by atoms with van der Waals surface area (Å²) in [4.78, 5) is 76.8. The zero-order chi connectivity index (χ0) is 25.3. The van der Waals surface area contributed by atoms with Crippen molar-refractivity contribution < 1.29 is 38.6 Å². The van der Waals surface area contributed by atoms with Crippen LogP contribution in [0.15, 0.2) is 29.8 Å². The van der Waals surface area contributed by atoms with Gasteiger partial charge in [0.2, 0.25) is 23.6 Å². The maximum atomic E-state index is 13.3. The SMILES string of the molecule is COc1ccc([C@H]2C3=CC[C@@H]4C(=O)N(C(N)=O)C(=O)[C@@H]4[C@@H]3C[C@H]3C(=O)N(C(N)=O)C(=O)[C@@H]23)c(O)c1. The third kappa shape index (κ3) is 2.98. The van der Waals surface area contributed by atoms with Crippen molar-refractivity contribution in [2.45, 2.75) is 18.8 Å². The number of nitrogens with zero attached hydrogens (tertiary/aromatic N) is 2. The van der Waals surface area contributed by atoms with Gasteiger partial charge in [0.05, 0.1) is 30.8 Å². The van der Waals surface area contributed by atoms with E-state index in [9.17, 15) is 33.9 Å². The number of carbonyl (C=O) groups is 6. The number of nitrogens with two attached hydrogens (primary N) is 2. The van der Waals surface area contributed by atoms with Crippen molar-refractivity contribution >= 4 is 35.7 Å². The van der Waals surface area contributed by atoms with Crippen LogP contribution in [-0.2, 0) is 19.2 Å². The molecule has 1 aromatic rings. The van der Waals surface area contributed by atoms with Crippen LogP contribution in [0.5, 0.6) is 11.5 Å². The van der Waals surface area contributed by atoms with Gasteiger partial charge in [0, 0.05) is 17.5 Å². The highest BCUT2D eigenvalue weighted by Crippen LogP contribution is 2.58. The standard InChI is InChI=1S/C23H22N4O8/c1-35-8-2-3-10(14(28)6-8)15-9-4-5-11-16(20(31)26(18(11)29)22(24)33)12(9)7-13-17(15)21(32)27(19(13)30)23(25)34/h2-4,6,11-13,15-17,28H,5,7H2,1H3,(H2,24,33)(H2,25,34)/t11-,12+,13+,15+,16-,17+/m0/s1. The van der Waals surface area contributed by atoms with Crippen molar-refractivity contribution in [1.82, 2.24) is 9.80 Å². The number of phenols is 1. The summed E-state index contributed by atoms with van der Waals surface area (Å²) in [7, 11) is 1.42. The summed E-state index contributed by atoms with van der Waals surface area (Å²) in [6, 6.07) is 2.08. The van der Waals surface area contributed by atoms with Gasteiger partial charge in [-0.05, 0) is 24.8 Å². The van der Waals surface area contributed by atoms with Crippen molar-refractivity contribution in [3.05, 3.63) is 35.4 Å². The van der Waals surface area contributed by atoms with Crippen LogP contribution in [0.1, 0.15) is 24.3 Å². The van der Waals surface area contributed by atoms with E-state index in [0.717, 1.165) is 0 Å². The summed E-state index contributed by atoms with van der Waals surface area (Å²) < 4.78 is 5.14. The lowest BCUT2D eigenvalue weighted by Gasteiger charge is -2.44. The molecule has 12 nitrogen and oxygen atoms in total. The fourth-order valence-corrected chi connectivity index (χ4v) is 6.28. The zero-order valence-corrected chi connectivity index (χ0v) is 18.5. The summed E-state index contributed by atoms with van der Waals surface area (Å²) in [6.07, 6.45) is 1.82. The molecule has 0 aromatic heterocycles. The Morgan fingerprint density at radius 3 is 2.09 bits per heavy atom. The zero-order valence-electron chi connectivity index (χ0n) is 18.5. The van der Waals surface area contributed by atoms with E-state index in [0.29, 0.717) is 26.7 Å². The molecule has 3 fully saturated rings. The Hall–Kier alpha value is -4.22. The van der Waals surface area contributed by atoms with E-state index in [-0.39, 0.29) is 18.6 Å². The molecule has 35 heavy (non-hydrogen) atoms. The molecule has 2 heterocycles. The highest BCUT2D eigenvalue weighted by molar-refractivity contribution is 6.18. The number of likely N-dealkylation sites (tertiary alicyclic amines) is 2. The molecule has 5 N–H and O–H groups in total. The summed E-state index contributed by atoms with van der Waals surface area (Å²) in [5.74, 6) is -8.36. The molecule has 0 unspecified atom stereocenters. The predicted octanol–water partition coefficient (Wildman–Crippen LogP) is 0.194. The number of hydrogen-bond donors (Lipinski definition) is 3. The number of methoxy groups -OCH3 is 1. The number of rotatable bonds is 2. The number of primary amides is 2.